The van der Waals surface area contributed by atoms with Crippen molar-refractivity contribution in [3.63, 3.8) is 0 Å². The molecule has 76 valence electrons. The van der Waals surface area contributed by atoms with Gasteiger partial charge in [-0.25, -0.2) is 0 Å². The highest BCUT2D eigenvalue weighted by atomic mass is 16.6. The van der Waals surface area contributed by atoms with Crippen molar-refractivity contribution >= 4 is 5.97 Å². The lowest BCUT2D eigenvalue weighted by atomic mass is 10.2. The highest BCUT2D eigenvalue weighted by molar-refractivity contribution is 5.65. The molecule has 0 fully saturated rings. The summed E-state index contributed by atoms with van der Waals surface area (Å²) in [6.45, 7) is 7.90. The molecule has 0 saturated heterocycles. The SMILES string of the molecule is C=CC(CCC)OCCOC(C)=O. The van der Waals surface area contributed by atoms with E-state index in [0.29, 0.717) is 13.2 Å². The molecule has 0 N–H and O–H groups in total. The van der Waals surface area contributed by atoms with E-state index >= 15 is 0 Å². The van der Waals surface area contributed by atoms with E-state index in [0.717, 1.165) is 12.8 Å². The standard InChI is InChI=1S/C10H18O3/c1-4-6-10(5-2)13-8-7-12-9(3)11/h5,10H,2,4,6-8H2,1,3H3. The normalized spacial score (nSPS) is 12.2. The van der Waals surface area contributed by atoms with Crippen molar-refractivity contribution in [3.8, 4) is 0 Å². The number of carbonyl (C=O) groups excluding carboxylic acids is 1. The zero-order chi connectivity index (χ0) is 10.1. The Labute approximate surface area is 79.7 Å². The average Bonchev–Trinajstić information content (AvgIpc) is 2.10. The van der Waals surface area contributed by atoms with Crippen molar-refractivity contribution in [1.29, 1.82) is 0 Å². The summed E-state index contributed by atoms with van der Waals surface area (Å²) in [6, 6.07) is 0. The van der Waals surface area contributed by atoms with Gasteiger partial charge in [0.05, 0.1) is 12.7 Å². The van der Waals surface area contributed by atoms with Gasteiger partial charge in [0.1, 0.15) is 6.61 Å². The molecule has 0 rings (SSSR count). The van der Waals surface area contributed by atoms with Crippen LogP contribution in [0.5, 0.6) is 0 Å². The molecule has 0 amide bonds. The lowest BCUT2D eigenvalue weighted by molar-refractivity contribution is -0.142. The predicted octanol–water partition coefficient (Wildman–Crippen LogP) is 1.92. The Kier molecular flexibility index (Phi) is 7.30. The van der Waals surface area contributed by atoms with Crippen molar-refractivity contribution < 1.29 is 14.3 Å². The minimum absolute atomic E-state index is 0.0839. The van der Waals surface area contributed by atoms with Crippen molar-refractivity contribution in [2.24, 2.45) is 0 Å². The molecule has 1 unspecified atom stereocenters. The van der Waals surface area contributed by atoms with Crippen LogP contribution in [0.1, 0.15) is 26.7 Å². The summed E-state index contributed by atoms with van der Waals surface area (Å²) in [5.41, 5.74) is 0. The fourth-order valence-corrected chi connectivity index (χ4v) is 0.939. The van der Waals surface area contributed by atoms with Crippen molar-refractivity contribution in [2.45, 2.75) is 32.8 Å². The van der Waals surface area contributed by atoms with Gasteiger partial charge < -0.3 is 9.47 Å². The van der Waals surface area contributed by atoms with Crippen LogP contribution in [-0.2, 0) is 14.3 Å². The van der Waals surface area contributed by atoms with E-state index in [-0.39, 0.29) is 12.1 Å². The Morgan fingerprint density at radius 1 is 1.54 bits per heavy atom. The third kappa shape index (κ3) is 7.53. The molecule has 1 atom stereocenters. The molecule has 0 aromatic heterocycles. The summed E-state index contributed by atoms with van der Waals surface area (Å²) >= 11 is 0. The lowest BCUT2D eigenvalue weighted by Crippen LogP contribution is -2.14. The first-order chi connectivity index (χ1) is 6.20. The highest BCUT2D eigenvalue weighted by Gasteiger charge is 2.02. The van der Waals surface area contributed by atoms with Crippen molar-refractivity contribution in [1.82, 2.24) is 0 Å². The minimum Gasteiger partial charge on any atom is -0.463 e. The molecular weight excluding hydrogens is 168 g/mol. The van der Waals surface area contributed by atoms with Crippen LogP contribution in [0.2, 0.25) is 0 Å². The number of hydrogen-bond donors (Lipinski definition) is 0. The van der Waals surface area contributed by atoms with Crippen LogP contribution in [0.15, 0.2) is 12.7 Å². The summed E-state index contributed by atoms with van der Waals surface area (Å²) in [4.78, 5) is 10.4. The Bertz CT molecular complexity index is 154. The van der Waals surface area contributed by atoms with Gasteiger partial charge in [-0.1, -0.05) is 19.4 Å². The van der Waals surface area contributed by atoms with Crippen molar-refractivity contribution in [3.05, 3.63) is 12.7 Å². The molecule has 0 bridgehead atoms. The summed E-state index contributed by atoms with van der Waals surface area (Å²) in [7, 11) is 0. The first-order valence-electron chi connectivity index (χ1n) is 4.58. The van der Waals surface area contributed by atoms with E-state index in [9.17, 15) is 4.79 Å². The second kappa shape index (κ2) is 7.80. The summed E-state index contributed by atoms with van der Waals surface area (Å²) in [6.07, 6.45) is 3.88. The number of rotatable bonds is 7. The zero-order valence-corrected chi connectivity index (χ0v) is 8.41. The molecular formula is C10H18O3. The smallest absolute Gasteiger partial charge is 0.302 e. The lowest BCUT2D eigenvalue weighted by Gasteiger charge is -2.12. The summed E-state index contributed by atoms with van der Waals surface area (Å²) < 4.78 is 10.1. The number of esters is 1. The summed E-state index contributed by atoms with van der Waals surface area (Å²) in [5.74, 6) is -0.269. The fourth-order valence-electron chi connectivity index (χ4n) is 0.939. The third-order valence-electron chi connectivity index (χ3n) is 1.56. The maximum absolute atomic E-state index is 10.4. The Morgan fingerprint density at radius 3 is 2.69 bits per heavy atom. The maximum Gasteiger partial charge on any atom is 0.302 e. The molecule has 0 radical (unpaired) electrons. The minimum atomic E-state index is -0.269. The molecule has 0 aromatic carbocycles. The zero-order valence-electron chi connectivity index (χ0n) is 8.41. The van der Waals surface area contributed by atoms with E-state index in [2.05, 4.69) is 13.5 Å². The van der Waals surface area contributed by atoms with Crippen LogP contribution in [0.4, 0.5) is 0 Å². The molecule has 3 heteroatoms. The van der Waals surface area contributed by atoms with Gasteiger partial charge in [0.25, 0.3) is 0 Å². The molecule has 3 nitrogen and oxygen atoms in total. The predicted molar refractivity (Wildman–Crippen MR) is 51.5 cm³/mol. The van der Waals surface area contributed by atoms with Gasteiger partial charge in [0, 0.05) is 6.92 Å². The van der Waals surface area contributed by atoms with E-state index in [1.54, 1.807) is 6.08 Å². The number of carbonyl (C=O) groups is 1. The van der Waals surface area contributed by atoms with Crippen LogP contribution in [0.25, 0.3) is 0 Å². The molecule has 0 saturated carbocycles. The van der Waals surface area contributed by atoms with Gasteiger partial charge >= 0.3 is 5.97 Å². The average molecular weight is 186 g/mol. The van der Waals surface area contributed by atoms with Crippen LogP contribution in [0.3, 0.4) is 0 Å². The molecule has 0 aromatic rings. The monoisotopic (exact) mass is 186 g/mol. The Hall–Kier alpha value is -0.830. The van der Waals surface area contributed by atoms with Crippen LogP contribution < -0.4 is 0 Å². The molecule has 13 heavy (non-hydrogen) atoms. The quantitative estimate of drug-likeness (QED) is 0.346. The second-order valence-corrected chi connectivity index (χ2v) is 2.77. The van der Waals surface area contributed by atoms with E-state index in [1.165, 1.54) is 6.92 Å². The van der Waals surface area contributed by atoms with E-state index in [4.69, 9.17) is 9.47 Å². The van der Waals surface area contributed by atoms with Gasteiger partial charge in [0.15, 0.2) is 0 Å². The topological polar surface area (TPSA) is 35.5 Å². The van der Waals surface area contributed by atoms with E-state index < -0.39 is 0 Å². The Morgan fingerprint density at radius 2 is 2.23 bits per heavy atom. The van der Waals surface area contributed by atoms with Gasteiger partial charge in [-0.3, -0.25) is 4.79 Å². The highest BCUT2D eigenvalue weighted by Crippen LogP contribution is 2.02. The number of ether oxygens (including phenoxy) is 2. The molecule has 0 aliphatic rings. The van der Waals surface area contributed by atoms with Gasteiger partial charge in [-0.2, -0.15) is 0 Å². The van der Waals surface area contributed by atoms with Gasteiger partial charge in [-0.15, -0.1) is 6.58 Å². The molecule has 0 aliphatic heterocycles. The first kappa shape index (κ1) is 12.2. The second-order valence-electron chi connectivity index (χ2n) is 2.77. The van der Waals surface area contributed by atoms with Gasteiger partial charge in [-0.05, 0) is 6.42 Å². The third-order valence-corrected chi connectivity index (χ3v) is 1.56. The van der Waals surface area contributed by atoms with E-state index in [1.807, 2.05) is 0 Å². The Balaban J connectivity index is 3.37. The first-order valence-corrected chi connectivity index (χ1v) is 4.58. The molecule has 0 aliphatic carbocycles. The summed E-state index contributed by atoms with van der Waals surface area (Å²) in [5, 5.41) is 0. The van der Waals surface area contributed by atoms with Crippen molar-refractivity contribution in [2.75, 3.05) is 13.2 Å². The van der Waals surface area contributed by atoms with Gasteiger partial charge in [0.2, 0.25) is 0 Å². The van der Waals surface area contributed by atoms with Crippen LogP contribution in [0, 0.1) is 0 Å². The number of hydrogen-bond acceptors (Lipinski definition) is 3. The molecule has 0 spiro atoms. The van der Waals surface area contributed by atoms with Crippen LogP contribution in [-0.4, -0.2) is 25.3 Å². The molecule has 0 heterocycles. The van der Waals surface area contributed by atoms with Crippen LogP contribution >= 0.6 is 0 Å². The maximum atomic E-state index is 10.4. The fraction of sp³-hybridized carbons (Fsp3) is 0.700. The largest absolute Gasteiger partial charge is 0.463 e.